The van der Waals surface area contributed by atoms with Crippen LogP contribution in [0.1, 0.15) is 15.9 Å². The van der Waals surface area contributed by atoms with Crippen LogP contribution in [0, 0.1) is 0 Å². The van der Waals surface area contributed by atoms with Gasteiger partial charge in [-0.05, 0) is 23.8 Å². The molecule has 0 atom stereocenters. The van der Waals surface area contributed by atoms with Crippen LogP contribution >= 0.6 is 0 Å². The van der Waals surface area contributed by atoms with E-state index < -0.39 is 0 Å². The third kappa shape index (κ3) is 4.20. The number of nitrogens with one attached hydrogen (secondary N) is 1. The summed E-state index contributed by atoms with van der Waals surface area (Å²) in [5.41, 5.74) is 3.98. The summed E-state index contributed by atoms with van der Waals surface area (Å²) in [5, 5.41) is 3.82. The molecular weight excluding hydrogens is 238 g/mol. The first kappa shape index (κ1) is 12.7. The molecule has 1 aromatic heterocycles. The monoisotopic (exact) mass is 251 g/mol. The van der Waals surface area contributed by atoms with Crippen molar-refractivity contribution in [1.29, 1.82) is 0 Å². The highest BCUT2D eigenvalue weighted by Gasteiger charge is 2.01. The second kappa shape index (κ2) is 6.86. The van der Waals surface area contributed by atoms with Gasteiger partial charge >= 0.3 is 0 Å². The second-order valence-electron chi connectivity index (χ2n) is 3.73. The van der Waals surface area contributed by atoms with Crippen LogP contribution in [-0.2, 0) is 0 Å². The summed E-state index contributed by atoms with van der Waals surface area (Å²) < 4.78 is 0. The van der Waals surface area contributed by atoms with Crippen molar-refractivity contribution in [2.45, 2.75) is 0 Å². The minimum Gasteiger partial charge on any atom is -0.267 e. The number of carbonyl (C=O) groups excluding carboxylic acids is 1. The molecule has 1 aromatic carbocycles. The van der Waals surface area contributed by atoms with Gasteiger partial charge in [0.05, 0.1) is 5.56 Å². The summed E-state index contributed by atoms with van der Waals surface area (Å²) in [6.45, 7) is 0. The molecule has 0 saturated carbocycles. The molecule has 0 radical (unpaired) electrons. The Morgan fingerprint density at radius 3 is 2.74 bits per heavy atom. The standard InChI is InChI=1S/C15H13N3O/c19-15(14-9-5-10-16-12-14)18-17-11-4-8-13-6-2-1-3-7-13/h1-12H,(H,18,19)/b8-4+,17-11-. The van der Waals surface area contributed by atoms with Crippen LogP contribution in [0.25, 0.3) is 6.08 Å². The second-order valence-corrected chi connectivity index (χ2v) is 3.73. The SMILES string of the molecule is O=C(N/N=C\C=C\c1ccccc1)c1cccnc1. The van der Waals surface area contributed by atoms with E-state index in [2.05, 4.69) is 15.5 Å². The van der Waals surface area contributed by atoms with Crippen molar-refractivity contribution in [2.24, 2.45) is 5.10 Å². The van der Waals surface area contributed by atoms with Crippen molar-refractivity contribution in [3.63, 3.8) is 0 Å². The minimum absolute atomic E-state index is 0.280. The molecule has 94 valence electrons. The molecule has 2 aromatic rings. The average Bonchev–Trinajstić information content (AvgIpc) is 2.49. The molecule has 0 saturated heterocycles. The Bertz CT molecular complexity index is 577. The zero-order valence-corrected chi connectivity index (χ0v) is 10.2. The molecule has 0 bridgehead atoms. The van der Waals surface area contributed by atoms with Crippen molar-refractivity contribution in [3.8, 4) is 0 Å². The highest BCUT2D eigenvalue weighted by Crippen LogP contribution is 1.99. The van der Waals surface area contributed by atoms with Crippen molar-refractivity contribution in [3.05, 3.63) is 72.1 Å². The van der Waals surface area contributed by atoms with E-state index in [0.29, 0.717) is 5.56 Å². The zero-order chi connectivity index (χ0) is 13.3. The van der Waals surface area contributed by atoms with Crippen LogP contribution in [0.4, 0.5) is 0 Å². The van der Waals surface area contributed by atoms with Crippen LogP contribution in [0.5, 0.6) is 0 Å². The number of allylic oxidation sites excluding steroid dienone is 1. The van der Waals surface area contributed by atoms with E-state index in [9.17, 15) is 4.79 Å². The third-order valence-corrected chi connectivity index (χ3v) is 2.34. The van der Waals surface area contributed by atoms with Gasteiger partial charge in [-0.1, -0.05) is 36.4 Å². The summed E-state index contributed by atoms with van der Waals surface area (Å²) in [7, 11) is 0. The lowest BCUT2D eigenvalue weighted by Gasteiger charge is -1.96. The maximum atomic E-state index is 11.6. The molecule has 4 nitrogen and oxygen atoms in total. The largest absolute Gasteiger partial charge is 0.272 e. The molecule has 1 amide bonds. The van der Waals surface area contributed by atoms with Gasteiger partial charge in [0.1, 0.15) is 0 Å². The predicted molar refractivity (Wildman–Crippen MR) is 75.7 cm³/mol. The van der Waals surface area contributed by atoms with Gasteiger partial charge in [0.2, 0.25) is 0 Å². The van der Waals surface area contributed by atoms with Gasteiger partial charge in [-0.2, -0.15) is 5.10 Å². The van der Waals surface area contributed by atoms with Crippen LogP contribution in [0.2, 0.25) is 0 Å². The number of hydrogen-bond acceptors (Lipinski definition) is 3. The molecule has 1 N–H and O–H groups in total. The first-order valence-corrected chi connectivity index (χ1v) is 5.81. The maximum Gasteiger partial charge on any atom is 0.272 e. The molecule has 0 spiro atoms. The Morgan fingerprint density at radius 2 is 2.00 bits per heavy atom. The number of carbonyl (C=O) groups is 1. The highest BCUT2D eigenvalue weighted by molar-refractivity contribution is 5.94. The van der Waals surface area contributed by atoms with Crippen molar-refractivity contribution < 1.29 is 4.79 Å². The Morgan fingerprint density at radius 1 is 1.16 bits per heavy atom. The maximum absolute atomic E-state index is 11.6. The molecule has 0 aliphatic carbocycles. The number of aromatic nitrogens is 1. The van der Waals surface area contributed by atoms with Crippen LogP contribution < -0.4 is 5.43 Å². The molecule has 0 aliphatic heterocycles. The van der Waals surface area contributed by atoms with Crippen molar-refractivity contribution >= 4 is 18.2 Å². The van der Waals surface area contributed by atoms with Gasteiger partial charge in [-0.3, -0.25) is 9.78 Å². The average molecular weight is 251 g/mol. The summed E-state index contributed by atoms with van der Waals surface area (Å²) in [6.07, 6.45) is 8.30. The molecule has 19 heavy (non-hydrogen) atoms. The van der Waals surface area contributed by atoms with Crippen molar-refractivity contribution in [1.82, 2.24) is 10.4 Å². The lowest BCUT2D eigenvalue weighted by molar-refractivity contribution is 0.0955. The molecule has 4 heteroatoms. The summed E-state index contributed by atoms with van der Waals surface area (Å²) in [6, 6.07) is 13.2. The van der Waals surface area contributed by atoms with Gasteiger partial charge < -0.3 is 0 Å². The molecule has 0 fully saturated rings. The van der Waals surface area contributed by atoms with Gasteiger partial charge in [0.25, 0.3) is 5.91 Å². The Balaban J connectivity index is 1.84. The normalized spacial score (nSPS) is 10.9. The lowest BCUT2D eigenvalue weighted by Crippen LogP contribution is -2.17. The number of rotatable bonds is 4. The topological polar surface area (TPSA) is 54.4 Å². The predicted octanol–water partition coefficient (Wildman–Crippen LogP) is 2.51. The fourth-order valence-corrected chi connectivity index (χ4v) is 1.42. The van der Waals surface area contributed by atoms with E-state index >= 15 is 0 Å². The van der Waals surface area contributed by atoms with Gasteiger partial charge in [-0.15, -0.1) is 0 Å². The van der Waals surface area contributed by atoms with Gasteiger partial charge in [0.15, 0.2) is 0 Å². The van der Waals surface area contributed by atoms with E-state index in [-0.39, 0.29) is 5.91 Å². The zero-order valence-electron chi connectivity index (χ0n) is 10.2. The first-order chi connectivity index (χ1) is 9.36. The molecule has 0 unspecified atom stereocenters. The Kier molecular flexibility index (Phi) is 4.58. The van der Waals surface area contributed by atoms with Crippen LogP contribution in [0.3, 0.4) is 0 Å². The van der Waals surface area contributed by atoms with Crippen LogP contribution in [-0.4, -0.2) is 17.1 Å². The Hall–Kier alpha value is -2.75. The summed E-state index contributed by atoms with van der Waals surface area (Å²) in [5.74, 6) is -0.280. The molecule has 0 aliphatic rings. The number of hydrogen-bond donors (Lipinski definition) is 1. The van der Waals surface area contributed by atoms with Crippen LogP contribution in [0.15, 0.2) is 66.0 Å². The minimum atomic E-state index is -0.280. The first-order valence-electron chi connectivity index (χ1n) is 5.81. The van der Waals surface area contributed by atoms with E-state index in [1.807, 2.05) is 36.4 Å². The number of benzene rings is 1. The summed E-state index contributed by atoms with van der Waals surface area (Å²) in [4.78, 5) is 15.5. The number of hydrazone groups is 1. The van der Waals surface area contributed by atoms with E-state index in [0.717, 1.165) is 5.56 Å². The summed E-state index contributed by atoms with van der Waals surface area (Å²) >= 11 is 0. The molecular formula is C15H13N3O. The van der Waals surface area contributed by atoms with Crippen molar-refractivity contribution in [2.75, 3.05) is 0 Å². The van der Waals surface area contributed by atoms with E-state index in [1.54, 1.807) is 24.4 Å². The van der Waals surface area contributed by atoms with E-state index in [4.69, 9.17) is 0 Å². The fraction of sp³-hybridized carbons (Fsp3) is 0. The van der Waals surface area contributed by atoms with Gasteiger partial charge in [0, 0.05) is 18.6 Å². The van der Waals surface area contributed by atoms with Gasteiger partial charge in [-0.25, -0.2) is 5.43 Å². The quantitative estimate of drug-likeness (QED) is 0.670. The number of pyridine rings is 1. The molecule has 1 heterocycles. The molecule has 2 rings (SSSR count). The lowest BCUT2D eigenvalue weighted by atomic mass is 10.2. The number of amides is 1. The van der Waals surface area contributed by atoms with E-state index in [1.165, 1.54) is 12.4 Å². The smallest absolute Gasteiger partial charge is 0.267 e. The fourth-order valence-electron chi connectivity index (χ4n) is 1.42. The highest BCUT2D eigenvalue weighted by atomic mass is 16.2. The third-order valence-electron chi connectivity index (χ3n) is 2.34. The Labute approximate surface area is 111 Å². The number of nitrogens with zero attached hydrogens (tertiary/aromatic N) is 2.